The highest BCUT2D eigenvalue weighted by Gasteiger charge is 2.32. The summed E-state index contributed by atoms with van der Waals surface area (Å²) >= 11 is 2.74. The monoisotopic (exact) mass is 850 g/mol. The minimum Gasteiger partial charge on any atom is -0.494 e. The summed E-state index contributed by atoms with van der Waals surface area (Å²) < 4.78 is 11.1. The Morgan fingerprint density at radius 3 is 2.21 bits per heavy atom. The van der Waals surface area contributed by atoms with Crippen molar-refractivity contribution in [2.75, 3.05) is 30.4 Å². The van der Waals surface area contributed by atoms with Gasteiger partial charge in [-0.1, -0.05) is 97.1 Å². The van der Waals surface area contributed by atoms with E-state index < -0.39 is 23.0 Å². The number of nitrogens with zero attached hydrogens (tertiary/aromatic N) is 1. The minimum absolute atomic E-state index is 0.0387. The van der Waals surface area contributed by atoms with E-state index in [9.17, 15) is 19.2 Å². The van der Waals surface area contributed by atoms with Crippen LogP contribution in [0.1, 0.15) is 66.9 Å². The average Bonchev–Trinajstić information content (AvgIpc) is 3.64. The van der Waals surface area contributed by atoms with E-state index in [-0.39, 0.29) is 18.2 Å². The molecule has 61 heavy (non-hydrogen) atoms. The second-order valence-electron chi connectivity index (χ2n) is 14.1. The number of carbonyl (C=O) groups excluding carboxylic acids is 4. The molecule has 3 amide bonds. The number of hydrogen-bond acceptors (Lipinski definition) is 9. The largest absolute Gasteiger partial charge is 0.494 e. The molecule has 1 aliphatic heterocycles. The molecule has 1 aromatic heterocycles. The molecule has 1 atom stereocenters. The molecule has 10 nitrogen and oxygen atoms in total. The van der Waals surface area contributed by atoms with Gasteiger partial charge in [-0.25, -0.2) is 4.79 Å². The Labute approximate surface area is 364 Å². The van der Waals surface area contributed by atoms with Gasteiger partial charge in [-0.05, 0) is 91.1 Å². The highest BCUT2D eigenvalue weighted by Crippen LogP contribution is 2.41. The maximum atomic E-state index is 14.5. The Morgan fingerprint density at radius 2 is 1.51 bits per heavy atom. The van der Waals surface area contributed by atoms with E-state index in [1.54, 1.807) is 79.7 Å². The zero-order chi connectivity index (χ0) is 42.6. The Balaban J connectivity index is 1.12. The summed E-state index contributed by atoms with van der Waals surface area (Å²) in [7, 11) is 0. The number of anilines is 2. The van der Waals surface area contributed by atoms with Crippen molar-refractivity contribution in [3.05, 3.63) is 183 Å². The first-order valence-corrected chi connectivity index (χ1v) is 21.8. The summed E-state index contributed by atoms with van der Waals surface area (Å²) in [5.74, 6) is -1.03. The van der Waals surface area contributed by atoms with E-state index >= 15 is 0 Å². The van der Waals surface area contributed by atoms with Gasteiger partial charge in [0.15, 0.2) is 0 Å². The number of nitrogens with one attached hydrogen (secondary N) is 3. The van der Waals surface area contributed by atoms with Gasteiger partial charge in [-0.3, -0.25) is 19.3 Å². The number of esters is 1. The number of amides is 3. The summed E-state index contributed by atoms with van der Waals surface area (Å²) in [4.78, 5) is 59.2. The standard InChI is InChI=1S/C49H46N4O6S2/c1-3-58-38-25-23-33(24-26-38)29-41(51-45(54)36-19-12-7-13-20-36)46(55)50-37-21-14-22-39(30-37)60-44(35-17-10-6-11-18-35)47(56)52-48-43(49(57)59-4-2)40-27-28-53(32-42(40)61-48)31-34-15-8-5-9-16-34/h5-26,29-30,44H,3-4,27-28,31-32H2,1-2H3,(H,50,55)(H,51,54)(H,52,56)/b41-29+. The van der Waals surface area contributed by atoms with Gasteiger partial charge in [-0.2, -0.15) is 0 Å². The van der Waals surface area contributed by atoms with Crippen molar-refractivity contribution in [3.63, 3.8) is 0 Å². The Kier molecular flexibility index (Phi) is 14.5. The summed E-state index contributed by atoms with van der Waals surface area (Å²) in [6.07, 6.45) is 2.26. The third-order valence-electron chi connectivity index (χ3n) is 9.82. The fourth-order valence-electron chi connectivity index (χ4n) is 6.94. The van der Waals surface area contributed by atoms with Crippen LogP contribution in [-0.2, 0) is 33.8 Å². The Morgan fingerprint density at radius 1 is 0.803 bits per heavy atom. The fourth-order valence-corrected chi connectivity index (χ4v) is 9.30. The summed E-state index contributed by atoms with van der Waals surface area (Å²) in [6, 6.07) is 42.8. The lowest BCUT2D eigenvalue weighted by Gasteiger charge is -2.27. The molecule has 0 spiro atoms. The van der Waals surface area contributed by atoms with Crippen LogP contribution in [0.15, 0.2) is 150 Å². The number of thioether (sulfide) groups is 1. The van der Waals surface area contributed by atoms with Crippen LogP contribution >= 0.6 is 23.1 Å². The van der Waals surface area contributed by atoms with Gasteiger partial charge >= 0.3 is 5.97 Å². The number of rotatable bonds is 16. The van der Waals surface area contributed by atoms with Gasteiger partial charge in [0.1, 0.15) is 21.7 Å². The topological polar surface area (TPSA) is 126 Å². The van der Waals surface area contributed by atoms with Crippen LogP contribution in [0.5, 0.6) is 5.75 Å². The smallest absolute Gasteiger partial charge is 0.341 e. The zero-order valence-corrected chi connectivity index (χ0v) is 35.5. The third kappa shape index (κ3) is 11.2. The van der Waals surface area contributed by atoms with Crippen LogP contribution in [0.4, 0.5) is 10.7 Å². The number of benzene rings is 5. The van der Waals surface area contributed by atoms with E-state index in [0.29, 0.717) is 57.6 Å². The molecular weight excluding hydrogens is 805 g/mol. The van der Waals surface area contributed by atoms with Gasteiger partial charge in [0.05, 0.1) is 18.8 Å². The van der Waals surface area contributed by atoms with Crippen molar-refractivity contribution in [1.82, 2.24) is 10.2 Å². The Bertz CT molecular complexity index is 2490. The van der Waals surface area contributed by atoms with Crippen molar-refractivity contribution in [2.45, 2.75) is 43.5 Å². The lowest BCUT2D eigenvalue weighted by atomic mass is 10.0. The van der Waals surface area contributed by atoms with Crippen molar-refractivity contribution in [2.24, 2.45) is 0 Å². The molecule has 2 heterocycles. The number of thiophene rings is 1. The van der Waals surface area contributed by atoms with Crippen molar-refractivity contribution >= 4 is 63.6 Å². The molecule has 0 bridgehead atoms. The number of fused-ring (bicyclic) bond motifs is 1. The molecular formula is C49H46N4O6S2. The Hall–Kier alpha value is -6.47. The summed E-state index contributed by atoms with van der Waals surface area (Å²) in [6.45, 7) is 6.61. The molecule has 7 rings (SSSR count). The molecule has 0 radical (unpaired) electrons. The molecule has 0 aliphatic carbocycles. The van der Waals surface area contributed by atoms with Gasteiger partial charge in [0, 0.05) is 40.7 Å². The molecule has 1 unspecified atom stereocenters. The first-order valence-electron chi connectivity index (χ1n) is 20.1. The van der Waals surface area contributed by atoms with E-state index in [4.69, 9.17) is 9.47 Å². The molecule has 6 aromatic rings. The molecule has 0 saturated heterocycles. The second-order valence-corrected chi connectivity index (χ2v) is 16.4. The first kappa shape index (κ1) is 42.6. The maximum Gasteiger partial charge on any atom is 0.341 e. The average molecular weight is 851 g/mol. The highest BCUT2D eigenvalue weighted by atomic mass is 32.2. The first-order chi connectivity index (χ1) is 29.8. The van der Waals surface area contributed by atoms with Gasteiger partial charge < -0.3 is 25.4 Å². The van der Waals surface area contributed by atoms with Gasteiger partial charge in [0.25, 0.3) is 11.8 Å². The van der Waals surface area contributed by atoms with E-state index in [2.05, 4.69) is 33.0 Å². The summed E-state index contributed by atoms with van der Waals surface area (Å²) in [5.41, 5.74) is 4.90. The number of carbonyl (C=O) groups is 4. The molecule has 5 aromatic carbocycles. The maximum absolute atomic E-state index is 14.5. The molecule has 310 valence electrons. The van der Waals surface area contributed by atoms with E-state index in [1.807, 2.05) is 67.6 Å². The lowest BCUT2D eigenvalue weighted by Crippen LogP contribution is -2.30. The minimum atomic E-state index is -0.726. The number of hydrogen-bond donors (Lipinski definition) is 3. The van der Waals surface area contributed by atoms with E-state index in [0.717, 1.165) is 29.1 Å². The van der Waals surface area contributed by atoms with Crippen LogP contribution in [0.2, 0.25) is 0 Å². The van der Waals surface area contributed by atoms with Crippen molar-refractivity contribution in [3.8, 4) is 5.75 Å². The van der Waals surface area contributed by atoms with Crippen LogP contribution < -0.4 is 20.7 Å². The molecule has 0 fully saturated rings. The second kappa shape index (κ2) is 20.7. The normalized spacial score (nSPS) is 13.0. The predicted octanol–water partition coefficient (Wildman–Crippen LogP) is 9.76. The van der Waals surface area contributed by atoms with Crippen LogP contribution in [0.3, 0.4) is 0 Å². The summed E-state index contributed by atoms with van der Waals surface area (Å²) in [5, 5.41) is 8.60. The van der Waals surface area contributed by atoms with Crippen molar-refractivity contribution < 1.29 is 28.7 Å². The fraction of sp³-hybridized carbons (Fsp3) is 0.184. The van der Waals surface area contributed by atoms with Crippen molar-refractivity contribution in [1.29, 1.82) is 0 Å². The number of ether oxygens (including phenoxy) is 2. The molecule has 1 aliphatic rings. The predicted molar refractivity (Wildman–Crippen MR) is 243 cm³/mol. The van der Waals surface area contributed by atoms with Gasteiger partial charge in [-0.15, -0.1) is 23.1 Å². The molecule has 0 saturated carbocycles. The zero-order valence-electron chi connectivity index (χ0n) is 33.9. The molecule has 12 heteroatoms. The third-order valence-corrected chi connectivity index (χ3v) is 12.2. The van der Waals surface area contributed by atoms with Crippen LogP contribution in [0, 0.1) is 0 Å². The van der Waals surface area contributed by atoms with E-state index in [1.165, 1.54) is 28.7 Å². The van der Waals surface area contributed by atoms with Gasteiger partial charge in [0.2, 0.25) is 5.91 Å². The highest BCUT2D eigenvalue weighted by molar-refractivity contribution is 8.00. The SMILES string of the molecule is CCOC(=O)c1c(NC(=O)C(Sc2cccc(NC(=O)/C(=C\c3ccc(OCC)cc3)NC(=O)c3ccccc3)c2)c2ccccc2)sc2c1CCN(Cc1ccccc1)C2. The lowest BCUT2D eigenvalue weighted by molar-refractivity contribution is -0.116. The molecule has 3 N–H and O–H groups in total. The van der Waals surface area contributed by atoms with Crippen LogP contribution in [0.25, 0.3) is 6.08 Å². The quantitative estimate of drug-likeness (QED) is 0.0500. The van der Waals surface area contributed by atoms with Crippen LogP contribution in [-0.4, -0.2) is 48.3 Å².